The normalized spacial score (nSPS) is 12.1. The number of carbonyl (C=O) groups excluding carboxylic acids is 1. The standard InChI is InChI=1S/C18H19N3O2S/c1-11(18(22)21-14-6-4-5-7-17(14)24-3)19-13-8-9-16-15(10-13)20-12(2)23-16/h4-11,19H,1-3H3,(H,21,22)/t11-/m1/s1. The van der Waals surface area contributed by atoms with Gasteiger partial charge in [0, 0.05) is 17.5 Å². The molecule has 3 aromatic rings. The van der Waals surface area contributed by atoms with Crippen LogP contribution in [0.1, 0.15) is 12.8 Å². The minimum atomic E-state index is -0.384. The Morgan fingerprint density at radius 1 is 1.25 bits per heavy atom. The maximum absolute atomic E-state index is 12.4. The Morgan fingerprint density at radius 2 is 2.04 bits per heavy atom. The maximum Gasteiger partial charge on any atom is 0.246 e. The second-order valence-electron chi connectivity index (χ2n) is 5.47. The minimum absolute atomic E-state index is 0.0899. The van der Waals surface area contributed by atoms with Crippen LogP contribution >= 0.6 is 11.8 Å². The Labute approximate surface area is 144 Å². The zero-order valence-corrected chi connectivity index (χ0v) is 14.6. The summed E-state index contributed by atoms with van der Waals surface area (Å²) in [5.41, 5.74) is 3.17. The molecule has 0 radical (unpaired) electrons. The van der Waals surface area contributed by atoms with Crippen molar-refractivity contribution in [1.29, 1.82) is 0 Å². The van der Waals surface area contributed by atoms with Crippen molar-refractivity contribution in [3.63, 3.8) is 0 Å². The number of aromatic nitrogens is 1. The molecule has 0 bridgehead atoms. The van der Waals surface area contributed by atoms with Gasteiger partial charge in [-0.15, -0.1) is 11.8 Å². The van der Waals surface area contributed by atoms with Crippen LogP contribution in [0.2, 0.25) is 0 Å². The van der Waals surface area contributed by atoms with Gasteiger partial charge in [0.1, 0.15) is 11.6 Å². The monoisotopic (exact) mass is 341 g/mol. The first-order chi connectivity index (χ1) is 11.6. The molecule has 0 aliphatic rings. The summed E-state index contributed by atoms with van der Waals surface area (Å²) in [5.74, 6) is 0.537. The number of aryl methyl sites for hydroxylation is 1. The number of nitrogens with zero attached hydrogens (tertiary/aromatic N) is 1. The van der Waals surface area contributed by atoms with Gasteiger partial charge in [-0.05, 0) is 43.5 Å². The van der Waals surface area contributed by atoms with E-state index in [0.717, 1.165) is 27.4 Å². The first-order valence-corrected chi connectivity index (χ1v) is 8.87. The van der Waals surface area contributed by atoms with Gasteiger partial charge in [-0.25, -0.2) is 4.98 Å². The second kappa shape index (κ2) is 6.97. The van der Waals surface area contributed by atoms with Crippen molar-refractivity contribution in [2.75, 3.05) is 16.9 Å². The summed E-state index contributed by atoms with van der Waals surface area (Å²) in [5, 5.41) is 6.17. The molecule has 0 fully saturated rings. The van der Waals surface area contributed by atoms with E-state index in [9.17, 15) is 4.79 Å². The van der Waals surface area contributed by atoms with Gasteiger partial charge in [-0.2, -0.15) is 0 Å². The lowest BCUT2D eigenvalue weighted by Crippen LogP contribution is -2.32. The highest BCUT2D eigenvalue weighted by molar-refractivity contribution is 7.98. The van der Waals surface area contributed by atoms with E-state index in [1.165, 1.54) is 0 Å². The number of amides is 1. The van der Waals surface area contributed by atoms with Crippen LogP contribution in [-0.2, 0) is 4.79 Å². The highest BCUT2D eigenvalue weighted by Crippen LogP contribution is 2.25. The summed E-state index contributed by atoms with van der Waals surface area (Å²) in [6.45, 7) is 3.64. The highest BCUT2D eigenvalue weighted by atomic mass is 32.2. The number of benzene rings is 2. The highest BCUT2D eigenvalue weighted by Gasteiger charge is 2.15. The van der Waals surface area contributed by atoms with Crippen LogP contribution in [0, 0.1) is 6.92 Å². The van der Waals surface area contributed by atoms with E-state index < -0.39 is 0 Å². The number of hydrogen-bond donors (Lipinski definition) is 2. The zero-order valence-electron chi connectivity index (χ0n) is 13.8. The van der Waals surface area contributed by atoms with Gasteiger partial charge in [0.2, 0.25) is 5.91 Å². The molecule has 2 N–H and O–H groups in total. The molecule has 0 spiro atoms. The third-order valence-electron chi connectivity index (χ3n) is 3.64. The molecule has 1 amide bonds. The summed E-state index contributed by atoms with van der Waals surface area (Å²) < 4.78 is 5.46. The first-order valence-electron chi connectivity index (χ1n) is 7.64. The van der Waals surface area contributed by atoms with Gasteiger partial charge in [0.05, 0.1) is 5.69 Å². The number of carbonyl (C=O) groups is 1. The van der Waals surface area contributed by atoms with E-state index in [4.69, 9.17) is 4.42 Å². The third-order valence-corrected chi connectivity index (χ3v) is 4.43. The van der Waals surface area contributed by atoms with Crippen LogP contribution in [-0.4, -0.2) is 23.2 Å². The molecule has 0 saturated carbocycles. The minimum Gasteiger partial charge on any atom is -0.441 e. The fourth-order valence-corrected chi connectivity index (χ4v) is 2.99. The fourth-order valence-electron chi connectivity index (χ4n) is 2.44. The van der Waals surface area contributed by atoms with E-state index in [1.807, 2.05) is 62.6 Å². The number of rotatable bonds is 5. The molecule has 124 valence electrons. The van der Waals surface area contributed by atoms with Gasteiger partial charge >= 0.3 is 0 Å². The second-order valence-corrected chi connectivity index (χ2v) is 6.32. The van der Waals surface area contributed by atoms with E-state index in [-0.39, 0.29) is 11.9 Å². The quantitative estimate of drug-likeness (QED) is 0.677. The summed E-state index contributed by atoms with van der Waals surface area (Å²) in [4.78, 5) is 17.8. The molecule has 3 rings (SSSR count). The summed E-state index contributed by atoms with van der Waals surface area (Å²) >= 11 is 1.60. The smallest absolute Gasteiger partial charge is 0.246 e. The van der Waals surface area contributed by atoms with Crippen LogP contribution in [0.25, 0.3) is 11.1 Å². The Hall–Kier alpha value is -2.47. The van der Waals surface area contributed by atoms with Gasteiger partial charge < -0.3 is 15.1 Å². The molecule has 0 unspecified atom stereocenters. The van der Waals surface area contributed by atoms with Crippen molar-refractivity contribution < 1.29 is 9.21 Å². The molecule has 0 aliphatic heterocycles. The summed E-state index contributed by atoms with van der Waals surface area (Å²) in [6, 6.07) is 13.0. The van der Waals surface area contributed by atoms with E-state index in [0.29, 0.717) is 5.89 Å². The molecule has 0 aliphatic carbocycles. The van der Waals surface area contributed by atoms with Crippen LogP contribution in [0.3, 0.4) is 0 Å². The number of thioether (sulfide) groups is 1. The number of fused-ring (bicyclic) bond motifs is 1. The van der Waals surface area contributed by atoms with Crippen molar-refractivity contribution in [3.8, 4) is 0 Å². The fraction of sp³-hybridized carbons (Fsp3) is 0.222. The van der Waals surface area contributed by atoms with Gasteiger partial charge in [-0.1, -0.05) is 12.1 Å². The molecule has 5 nitrogen and oxygen atoms in total. The number of hydrogen-bond acceptors (Lipinski definition) is 5. The first kappa shape index (κ1) is 16.4. The van der Waals surface area contributed by atoms with Crippen molar-refractivity contribution in [1.82, 2.24) is 4.98 Å². The van der Waals surface area contributed by atoms with Crippen molar-refractivity contribution >= 4 is 40.1 Å². The largest absolute Gasteiger partial charge is 0.441 e. The molecule has 0 saturated heterocycles. The van der Waals surface area contributed by atoms with Crippen LogP contribution in [0.15, 0.2) is 51.8 Å². The van der Waals surface area contributed by atoms with Gasteiger partial charge in [-0.3, -0.25) is 4.79 Å². The number of para-hydroxylation sites is 1. The average Bonchev–Trinajstić information content (AvgIpc) is 2.94. The number of anilines is 2. The number of nitrogens with one attached hydrogen (secondary N) is 2. The molecular formula is C18H19N3O2S. The van der Waals surface area contributed by atoms with Gasteiger partial charge in [0.15, 0.2) is 11.5 Å². The lowest BCUT2D eigenvalue weighted by Gasteiger charge is -2.16. The molecule has 1 aromatic heterocycles. The summed E-state index contributed by atoms with van der Waals surface area (Å²) in [7, 11) is 0. The Balaban J connectivity index is 1.70. The van der Waals surface area contributed by atoms with E-state index >= 15 is 0 Å². The lowest BCUT2D eigenvalue weighted by atomic mass is 10.2. The molecule has 6 heteroatoms. The van der Waals surface area contributed by atoms with E-state index in [2.05, 4.69) is 15.6 Å². The summed E-state index contributed by atoms with van der Waals surface area (Å²) in [6.07, 6.45) is 1.99. The Kier molecular flexibility index (Phi) is 4.76. The molecule has 24 heavy (non-hydrogen) atoms. The van der Waals surface area contributed by atoms with Crippen LogP contribution in [0.5, 0.6) is 0 Å². The molecular weight excluding hydrogens is 322 g/mol. The molecule has 2 aromatic carbocycles. The zero-order chi connectivity index (χ0) is 17.1. The van der Waals surface area contributed by atoms with Crippen molar-refractivity contribution in [3.05, 3.63) is 48.4 Å². The predicted octanol–water partition coefficient (Wildman–Crippen LogP) is 4.30. The van der Waals surface area contributed by atoms with Crippen LogP contribution < -0.4 is 10.6 Å². The van der Waals surface area contributed by atoms with Crippen LogP contribution in [0.4, 0.5) is 11.4 Å². The molecule has 1 heterocycles. The third kappa shape index (κ3) is 3.54. The Bertz CT molecular complexity index is 876. The van der Waals surface area contributed by atoms with E-state index in [1.54, 1.807) is 11.8 Å². The van der Waals surface area contributed by atoms with Gasteiger partial charge in [0.25, 0.3) is 0 Å². The Morgan fingerprint density at radius 3 is 2.83 bits per heavy atom. The molecule has 1 atom stereocenters. The number of oxazole rings is 1. The topological polar surface area (TPSA) is 67.2 Å². The average molecular weight is 341 g/mol. The SMILES string of the molecule is CSc1ccccc1NC(=O)[C@@H](C)Nc1ccc2oc(C)nc2c1. The maximum atomic E-state index is 12.4. The van der Waals surface area contributed by atoms with Crippen molar-refractivity contribution in [2.24, 2.45) is 0 Å². The van der Waals surface area contributed by atoms with Crippen molar-refractivity contribution in [2.45, 2.75) is 24.8 Å². The predicted molar refractivity (Wildman–Crippen MR) is 98.7 cm³/mol. The lowest BCUT2D eigenvalue weighted by molar-refractivity contribution is -0.116.